The third-order valence-electron chi connectivity index (χ3n) is 4.30. The van der Waals surface area contributed by atoms with Crippen molar-refractivity contribution in [1.29, 1.82) is 0 Å². The van der Waals surface area contributed by atoms with Gasteiger partial charge in [0.15, 0.2) is 5.96 Å². The molecule has 0 heterocycles. The summed E-state index contributed by atoms with van der Waals surface area (Å²) >= 11 is 0. The minimum Gasteiger partial charge on any atom is -0.497 e. The molecule has 0 aromatic heterocycles. The largest absolute Gasteiger partial charge is 0.497 e. The summed E-state index contributed by atoms with van der Waals surface area (Å²) in [5.74, 6) is 2.27. The maximum atomic E-state index is 5.46. The number of unbranched alkanes of at least 4 members (excludes halogenated alkanes) is 1. The van der Waals surface area contributed by atoms with Gasteiger partial charge in [-0.3, -0.25) is 4.99 Å². The zero-order valence-corrected chi connectivity index (χ0v) is 17.4. The molecule has 0 bridgehead atoms. The predicted octanol–water partition coefficient (Wildman–Crippen LogP) is 3.19. The van der Waals surface area contributed by atoms with E-state index in [1.165, 1.54) is 5.56 Å². The Labute approximate surface area is 164 Å². The molecule has 1 rings (SSSR count). The number of aliphatic imine (C=N–C) groups is 1. The van der Waals surface area contributed by atoms with Crippen molar-refractivity contribution >= 4 is 5.96 Å². The van der Waals surface area contributed by atoms with Crippen molar-refractivity contribution < 1.29 is 14.2 Å². The van der Waals surface area contributed by atoms with Crippen molar-refractivity contribution in [2.75, 3.05) is 53.7 Å². The Morgan fingerprint density at radius 1 is 1.04 bits per heavy atom. The van der Waals surface area contributed by atoms with Crippen molar-refractivity contribution in [3.63, 3.8) is 0 Å². The van der Waals surface area contributed by atoms with Gasteiger partial charge in [-0.25, -0.2) is 0 Å². The van der Waals surface area contributed by atoms with Crippen LogP contribution in [0.5, 0.6) is 5.75 Å². The molecule has 0 fully saturated rings. The van der Waals surface area contributed by atoms with Gasteiger partial charge in [0.05, 0.1) is 20.3 Å². The molecule has 1 aromatic carbocycles. The highest BCUT2D eigenvalue weighted by Crippen LogP contribution is 2.21. The summed E-state index contributed by atoms with van der Waals surface area (Å²) in [4.78, 5) is 4.64. The van der Waals surface area contributed by atoms with Crippen molar-refractivity contribution in [3.8, 4) is 5.75 Å². The highest BCUT2D eigenvalue weighted by molar-refractivity contribution is 5.79. The first-order valence-corrected chi connectivity index (χ1v) is 9.94. The quantitative estimate of drug-likeness (QED) is 0.295. The van der Waals surface area contributed by atoms with Crippen molar-refractivity contribution in [2.24, 2.45) is 4.99 Å². The maximum Gasteiger partial charge on any atom is 0.191 e. The summed E-state index contributed by atoms with van der Waals surface area (Å²) in [5, 5.41) is 6.73. The summed E-state index contributed by atoms with van der Waals surface area (Å²) in [6.45, 7) is 8.97. The van der Waals surface area contributed by atoms with Crippen LogP contribution >= 0.6 is 0 Å². The van der Waals surface area contributed by atoms with Gasteiger partial charge in [0, 0.05) is 33.4 Å². The average Bonchev–Trinajstić information content (AvgIpc) is 2.69. The Morgan fingerprint density at radius 2 is 1.81 bits per heavy atom. The highest BCUT2D eigenvalue weighted by Gasteiger charge is 2.06. The molecule has 1 aromatic rings. The minimum absolute atomic E-state index is 0.482. The molecule has 0 saturated heterocycles. The van der Waals surface area contributed by atoms with Gasteiger partial charge >= 0.3 is 0 Å². The zero-order valence-electron chi connectivity index (χ0n) is 17.4. The fourth-order valence-electron chi connectivity index (χ4n) is 2.60. The lowest BCUT2D eigenvalue weighted by atomic mass is 9.98. The van der Waals surface area contributed by atoms with E-state index in [0.29, 0.717) is 19.1 Å². The molecule has 0 amide bonds. The van der Waals surface area contributed by atoms with Crippen LogP contribution in [0.1, 0.15) is 44.6 Å². The topological polar surface area (TPSA) is 64.1 Å². The van der Waals surface area contributed by atoms with E-state index in [4.69, 9.17) is 14.2 Å². The van der Waals surface area contributed by atoms with Crippen LogP contribution in [0.3, 0.4) is 0 Å². The first kappa shape index (κ1) is 23.2. The van der Waals surface area contributed by atoms with E-state index >= 15 is 0 Å². The van der Waals surface area contributed by atoms with Crippen molar-refractivity contribution in [1.82, 2.24) is 10.6 Å². The van der Waals surface area contributed by atoms with E-state index < -0.39 is 0 Å². The minimum atomic E-state index is 0.482. The highest BCUT2D eigenvalue weighted by atomic mass is 16.5. The molecule has 27 heavy (non-hydrogen) atoms. The van der Waals surface area contributed by atoms with Crippen molar-refractivity contribution in [2.45, 2.75) is 39.0 Å². The van der Waals surface area contributed by atoms with Crippen LogP contribution in [0.15, 0.2) is 29.3 Å². The number of rotatable bonds is 14. The smallest absolute Gasteiger partial charge is 0.191 e. The molecule has 1 unspecified atom stereocenters. The van der Waals surface area contributed by atoms with E-state index in [1.807, 2.05) is 12.1 Å². The SMILES string of the molecule is CCNC(=NCCCCOCCOC)NCCC(C)c1ccc(OC)cc1. The van der Waals surface area contributed by atoms with Crippen LogP contribution in [0.4, 0.5) is 0 Å². The first-order valence-electron chi connectivity index (χ1n) is 9.94. The zero-order chi connectivity index (χ0) is 19.7. The lowest BCUT2D eigenvalue weighted by Gasteiger charge is -2.15. The van der Waals surface area contributed by atoms with Gasteiger partial charge in [-0.15, -0.1) is 0 Å². The number of ether oxygens (including phenoxy) is 3. The number of benzene rings is 1. The Bertz CT molecular complexity index is 506. The summed E-state index contributed by atoms with van der Waals surface area (Å²) in [6.07, 6.45) is 3.08. The number of methoxy groups -OCH3 is 2. The molecule has 0 aliphatic carbocycles. The molecule has 0 aliphatic heterocycles. The molecule has 0 radical (unpaired) electrons. The van der Waals surface area contributed by atoms with Gasteiger partial charge in [-0.2, -0.15) is 0 Å². The molecule has 6 nitrogen and oxygen atoms in total. The van der Waals surface area contributed by atoms with Gasteiger partial charge in [-0.1, -0.05) is 19.1 Å². The van der Waals surface area contributed by atoms with E-state index in [-0.39, 0.29) is 0 Å². The standard InChI is InChI=1S/C21H37N3O3/c1-5-22-21(23-13-6-7-15-27-17-16-25-3)24-14-12-18(2)19-8-10-20(26-4)11-9-19/h8-11,18H,5-7,12-17H2,1-4H3,(H2,22,23,24). The fraction of sp³-hybridized carbons (Fsp3) is 0.667. The predicted molar refractivity (Wildman–Crippen MR) is 112 cm³/mol. The van der Waals surface area contributed by atoms with E-state index in [2.05, 4.69) is 41.6 Å². The third kappa shape index (κ3) is 10.8. The van der Waals surface area contributed by atoms with E-state index in [9.17, 15) is 0 Å². The third-order valence-corrected chi connectivity index (χ3v) is 4.30. The van der Waals surface area contributed by atoms with Gasteiger partial charge in [-0.05, 0) is 49.8 Å². The second-order valence-corrected chi connectivity index (χ2v) is 6.46. The van der Waals surface area contributed by atoms with E-state index in [1.54, 1.807) is 14.2 Å². The Balaban J connectivity index is 2.26. The second-order valence-electron chi connectivity index (χ2n) is 6.46. The Kier molecular flexibility index (Phi) is 13.2. The fourth-order valence-corrected chi connectivity index (χ4v) is 2.60. The number of nitrogens with one attached hydrogen (secondary N) is 2. The number of nitrogens with zero attached hydrogens (tertiary/aromatic N) is 1. The summed E-state index contributed by atoms with van der Waals surface area (Å²) in [6, 6.07) is 8.31. The van der Waals surface area contributed by atoms with E-state index in [0.717, 1.165) is 57.2 Å². The van der Waals surface area contributed by atoms with Crippen LogP contribution in [-0.2, 0) is 9.47 Å². The molecular weight excluding hydrogens is 342 g/mol. The maximum absolute atomic E-state index is 5.46. The van der Waals surface area contributed by atoms with Crippen LogP contribution in [-0.4, -0.2) is 59.6 Å². The van der Waals surface area contributed by atoms with Crippen LogP contribution in [0, 0.1) is 0 Å². The van der Waals surface area contributed by atoms with Crippen molar-refractivity contribution in [3.05, 3.63) is 29.8 Å². The summed E-state index contributed by atoms with van der Waals surface area (Å²) in [7, 11) is 3.38. The molecule has 2 N–H and O–H groups in total. The monoisotopic (exact) mass is 379 g/mol. The number of guanidine groups is 1. The van der Waals surface area contributed by atoms with Gasteiger partial charge in [0.2, 0.25) is 0 Å². The number of hydrogen-bond donors (Lipinski definition) is 2. The number of hydrogen-bond acceptors (Lipinski definition) is 4. The molecule has 0 aliphatic rings. The Hall–Kier alpha value is -1.79. The van der Waals surface area contributed by atoms with Gasteiger partial charge in [0.25, 0.3) is 0 Å². The van der Waals surface area contributed by atoms with Gasteiger partial charge in [0.1, 0.15) is 5.75 Å². The summed E-state index contributed by atoms with van der Waals surface area (Å²) in [5.41, 5.74) is 1.33. The normalized spacial score (nSPS) is 12.7. The summed E-state index contributed by atoms with van der Waals surface area (Å²) < 4.78 is 15.6. The first-order chi connectivity index (χ1) is 13.2. The average molecular weight is 380 g/mol. The molecular formula is C21H37N3O3. The second kappa shape index (κ2) is 15.3. The molecule has 0 spiro atoms. The molecule has 154 valence electrons. The van der Waals surface area contributed by atoms with Crippen LogP contribution < -0.4 is 15.4 Å². The van der Waals surface area contributed by atoms with Crippen LogP contribution in [0.2, 0.25) is 0 Å². The lowest BCUT2D eigenvalue weighted by Crippen LogP contribution is -2.38. The van der Waals surface area contributed by atoms with Crippen LogP contribution in [0.25, 0.3) is 0 Å². The van der Waals surface area contributed by atoms with Gasteiger partial charge < -0.3 is 24.8 Å². The molecule has 1 atom stereocenters. The molecule has 6 heteroatoms. The lowest BCUT2D eigenvalue weighted by molar-refractivity contribution is 0.0690. The molecule has 0 saturated carbocycles. The Morgan fingerprint density at radius 3 is 2.48 bits per heavy atom.